The Kier molecular flexibility index (Phi) is 8.30. The number of rotatable bonds is 7. The van der Waals surface area contributed by atoms with Gasteiger partial charge in [0.2, 0.25) is 5.90 Å². The Balaban J connectivity index is 0.00000149. The first-order chi connectivity index (χ1) is 16.1. The van der Waals surface area contributed by atoms with Gasteiger partial charge in [0, 0.05) is 44.8 Å². The van der Waals surface area contributed by atoms with Crippen molar-refractivity contribution in [2.24, 2.45) is 12.1 Å². The Labute approximate surface area is 195 Å². The Morgan fingerprint density at radius 1 is 1.03 bits per heavy atom. The summed E-state index contributed by atoms with van der Waals surface area (Å²) in [5.74, 6) is 1.58. The van der Waals surface area contributed by atoms with Crippen molar-refractivity contribution in [3.05, 3.63) is 91.4 Å². The molecule has 0 aliphatic heterocycles. The van der Waals surface area contributed by atoms with Gasteiger partial charge in [-0.3, -0.25) is 9.99 Å². The van der Waals surface area contributed by atoms with Crippen molar-refractivity contribution in [3.8, 4) is 11.4 Å². The highest BCUT2D eigenvalue weighted by Crippen LogP contribution is 2.23. The van der Waals surface area contributed by atoms with E-state index >= 15 is 0 Å². The van der Waals surface area contributed by atoms with Crippen LogP contribution >= 0.6 is 0 Å². The summed E-state index contributed by atoms with van der Waals surface area (Å²) in [5, 5.41) is 6.47. The molecule has 0 N–H and O–H groups in total. The molecule has 0 spiro atoms. The van der Waals surface area contributed by atoms with Crippen LogP contribution in [0.2, 0.25) is 0 Å². The van der Waals surface area contributed by atoms with Gasteiger partial charge in [0.05, 0.1) is 6.42 Å². The maximum Gasteiger partial charge on any atom is 0.210 e. The van der Waals surface area contributed by atoms with Crippen LogP contribution < -0.4 is 0 Å². The van der Waals surface area contributed by atoms with Crippen LogP contribution in [0.1, 0.15) is 18.1 Å². The van der Waals surface area contributed by atoms with E-state index in [1.54, 1.807) is 18.6 Å². The molecule has 0 amide bonds. The molecule has 3 heterocycles. The van der Waals surface area contributed by atoms with Crippen molar-refractivity contribution in [2.45, 2.75) is 20.0 Å². The van der Waals surface area contributed by atoms with Crippen LogP contribution in [0.15, 0.2) is 85.4 Å². The van der Waals surface area contributed by atoms with Gasteiger partial charge < -0.3 is 9.30 Å². The van der Waals surface area contributed by atoms with Gasteiger partial charge in [-0.05, 0) is 42.3 Å². The third-order valence-electron chi connectivity index (χ3n) is 5.09. The summed E-state index contributed by atoms with van der Waals surface area (Å²) in [5.41, 5.74) is 5.00. The Hall–Kier alpha value is -4.00. The van der Waals surface area contributed by atoms with Crippen LogP contribution in [-0.2, 0) is 24.8 Å². The predicted molar refractivity (Wildman–Crippen MR) is 134 cm³/mol. The summed E-state index contributed by atoms with van der Waals surface area (Å²) >= 11 is 0. The van der Waals surface area contributed by atoms with Gasteiger partial charge in [0.25, 0.3) is 0 Å². The van der Waals surface area contributed by atoms with Crippen molar-refractivity contribution in [1.29, 1.82) is 0 Å². The number of hydrogen-bond donors (Lipinski definition) is 0. The lowest BCUT2D eigenvalue weighted by molar-refractivity contribution is 0.264. The topological polar surface area (TPSA) is 68.4 Å². The van der Waals surface area contributed by atoms with Crippen LogP contribution in [0.25, 0.3) is 22.6 Å². The molecule has 0 aliphatic carbocycles. The first kappa shape index (κ1) is 23.7. The van der Waals surface area contributed by atoms with Crippen LogP contribution in [0, 0.1) is 0 Å². The minimum atomic E-state index is 0.450. The van der Waals surface area contributed by atoms with Crippen LogP contribution in [0.4, 0.5) is 0 Å². The lowest BCUT2D eigenvalue weighted by Gasteiger charge is -2.15. The van der Waals surface area contributed by atoms with Gasteiger partial charge in [-0.15, -0.1) is 18.3 Å². The van der Waals surface area contributed by atoms with E-state index in [1.807, 2.05) is 47.9 Å². The van der Waals surface area contributed by atoms with Crippen molar-refractivity contribution in [2.75, 3.05) is 13.6 Å². The summed E-state index contributed by atoms with van der Waals surface area (Å²) in [6.45, 7) is 9.32. The molecule has 0 bridgehead atoms. The molecule has 0 unspecified atom stereocenters. The van der Waals surface area contributed by atoms with E-state index in [9.17, 15) is 0 Å². The molecule has 3 aromatic heterocycles. The highest BCUT2D eigenvalue weighted by Gasteiger charge is 2.11. The van der Waals surface area contributed by atoms with Crippen molar-refractivity contribution < 1.29 is 4.74 Å². The summed E-state index contributed by atoms with van der Waals surface area (Å²) < 4.78 is 8.09. The summed E-state index contributed by atoms with van der Waals surface area (Å²) in [4.78, 5) is 13.2. The summed E-state index contributed by atoms with van der Waals surface area (Å²) in [6, 6.07) is 16.1. The first-order valence-corrected chi connectivity index (χ1v) is 10.8. The number of aryl methyl sites for hydroxylation is 1. The Morgan fingerprint density at radius 3 is 2.42 bits per heavy atom. The second-order valence-corrected chi connectivity index (χ2v) is 7.33. The molecule has 7 heteroatoms. The molecular formula is C26H30N6O. The van der Waals surface area contributed by atoms with E-state index in [-0.39, 0.29) is 0 Å². The number of ether oxygens (including phenoxy) is 1. The van der Waals surface area contributed by atoms with Gasteiger partial charge in [-0.2, -0.15) is 0 Å². The number of pyridine rings is 2. The molecule has 33 heavy (non-hydrogen) atoms. The van der Waals surface area contributed by atoms with Gasteiger partial charge in [-0.25, -0.2) is 9.97 Å². The van der Waals surface area contributed by atoms with E-state index in [4.69, 9.17) is 9.72 Å². The average molecular weight is 443 g/mol. The molecule has 0 atom stereocenters. The lowest BCUT2D eigenvalue weighted by atomic mass is 10.1. The molecule has 7 nitrogen and oxygen atoms in total. The van der Waals surface area contributed by atoms with E-state index < -0.39 is 0 Å². The number of nitrogens with zero attached hydrogens (tertiary/aromatic N) is 6. The monoisotopic (exact) mass is 442 g/mol. The van der Waals surface area contributed by atoms with Gasteiger partial charge in [0.1, 0.15) is 17.9 Å². The van der Waals surface area contributed by atoms with E-state index in [1.165, 1.54) is 0 Å². The van der Waals surface area contributed by atoms with Crippen molar-refractivity contribution in [1.82, 2.24) is 24.5 Å². The Bertz CT molecular complexity index is 1180. The zero-order chi connectivity index (χ0) is 23.6. The normalized spacial score (nSPS) is 11.1. The minimum Gasteiger partial charge on any atom is -0.475 e. The molecule has 170 valence electrons. The molecule has 1 aromatic carbocycles. The molecule has 0 radical (unpaired) electrons. The molecule has 0 aliphatic rings. The fourth-order valence-electron chi connectivity index (χ4n) is 3.25. The number of fused-ring (bicyclic) bond motifs is 1. The largest absolute Gasteiger partial charge is 0.475 e. The van der Waals surface area contributed by atoms with E-state index in [0.29, 0.717) is 18.9 Å². The molecule has 0 saturated heterocycles. The standard InChI is InChI=1S/C24H26N6O.C2H4/c1-4-29(2)28-22(16-18-11-14-25-15-12-18)31-17-19-7-9-20(10-8-19)23-27-21-6-5-13-26-24(21)30(23)3;1-2/h5-15H,4,16-17H2,1-3H3;1-2H2/b28-22+;. The second kappa shape index (κ2) is 11.6. The zero-order valence-corrected chi connectivity index (χ0v) is 19.5. The average Bonchev–Trinajstić information content (AvgIpc) is 3.21. The third kappa shape index (κ3) is 6.04. The highest BCUT2D eigenvalue weighted by atomic mass is 16.5. The number of aromatic nitrogens is 4. The van der Waals surface area contributed by atoms with Crippen LogP contribution in [-0.4, -0.2) is 44.0 Å². The fourth-order valence-corrected chi connectivity index (χ4v) is 3.25. The molecule has 4 rings (SSSR count). The smallest absolute Gasteiger partial charge is 0.210 e. The number of hydrogen-bond acceptors (Lipinski definition) is 6. The summed E-state index contributed by atoms with van der Waals surface area (Å²) in [6.07, 6.45) is 5.98. The fraction of sp³-hybridized carbons (Fsp3) is 0.231. The van der Waals surface area contributed by atoms with E-state index in [2.05, 4.69) is 59.4 Å². The quantitative estimate of drug-likeness (QED) is 0.177. The maximum absolute atomic E-state index is 6.08. The van der Waals surface area contributed by atoms with Gasteiger partial charge >= 0.3 is 0 Å². The van der Waals surface area contributed by atoms with Crippen molar-refractivity contribution in [3.63, 3.8) is 0 Å². The van der Waals surface area contributed by atoms with Gasteiger partial charge in [-0.1, -0.05) is 24.3 Å². The number of benzene rings is 1. The SMILES string of the molecule is C=C.CCN(C)/N=C(\Cc1ccncc1)OCc1ccc(-c2nc3cccnc3n2C)cc1. The third-order valence-corrected chi connectivity index (χ3v) is 5.09. The number of imidazole rings is 1. The second-order valence-electron chi connectivity index (χ2n) is 7.33. The first-order valence-electron chi connectivity index (χ1n) is 10.8. The highest BCUT2D eigenvalue weighted by molar-refractivity contribution is 5.78. The lowest BCUT2D eigenvalue weighted by Crippen LogP contribution is -2.17. The molecule has 4 aromatic rings. The molecule has 0 saturated carbocycles. The minimum absolute atomic E-state index is 0.450. The predicted octanol–water partition coefficient (Wildman–Crippen LogP) is 4.86. The van der Waals surface area contributed by atoms with Gasteiger partial charge in [0.15, 0.2) is 5.65 Å². The van der Waals surface area contributed by atoms with Crippen LogP contribution in [0.5, 0.6) is 0 Å². The van der Waals surface area contributed by atoms with E-state index in [0.717, 1.165) is 40.2 Å². The maximum atomic E-state index is 6.08. The molecule has 0 fully saturated rings. The zero-order valence-electron chi connectivity index (χ0n) is 19.5. The summed E-state index contributed by atoms with van der Waals surface area (Å²) in [7, 11) is 3.93. The van der Waals surface area contributed by atoms with Crippen molar-refractivity contribution >= 4 is 17.1 Å². The molecular weight excluding hydrogens is 412 g/mol. The number of hydrazone groups is 1. The Morgan fingerprint density at radius 2 is 1.76 bits per heavy atom. The van der Waals surface area contributed by atoms with Crippen LogP contribution in [0.3, 0.4) is 0 Å².